The molecule has 1 rings (SSSR count). The topological polar surface area (TPSA) is 46.5 Å². The number of hydrogen-bond donors (Lipinski definition) is 1. The number of phenols is 1. The van der Waals surface area contributed by atoms with Crippen molar-refractivity contribution in [2.75, 3.05) is 7.11 Å². The maximum Gasteiger partial charge on any atom is 0.160 e. The van der Waals surface area contributed by atoms with Crippen LogP contribution in [0.4, 0.5) is 0 Å². The number of phenolic OH excluding ortho intramolecular Hbond substituents is 1. The monoisotopic (exact) mass is 304 g/mol. The second-order valence-corrected chi connectivity index (χ2v) is 5.58. The van der Waals surface area contributed by atoms with Gasteiger partial charge in [-0.3, -0.25) is 4.79 Å². The van der Waals surface area contributed by atoms with Crippen molar-refractivity contribution in [1.82, 2.24) is 0 Å². The van der Waals surface area contributed by atoms with E-state index in [1.807, 2.05) is 12.1 Å². The molecule has 0 spiro atoms. The highest BCUT2D eigenvalue weighted by atomic mass is 16.5. The number of aromatic hydroxyl groups is 1. The van der Waals surface area contributed by atoms with Crippen LogP contribution in [-0.4, -0.2) is 18.0 Å². The summed E-state index contributed by atoms with van der Waals surface area (Å²) in [5.74, 6) is 0.730. The third kappa shape index (κ3) is 7.30. The number of rotatable bonds is 11. The molecule has 0 bridgehead atoms. The average Bonchev–Trinajstić information content (AvgIpc) is 2.53. The van der Waals surface area contributed by atoms with E-state index >= 15 is 0 Å². The van der Waals surface area contributed by atoms with Gasteiger partial charge in [-0.2, -0.15) is 0 Å². The van der Waals surface area contributed by atoms with Gasteiger partial charge < -0.3 is 9.84 Å². The summed E-state index contributed by atoms with van der Waals surface area (Å²) in [6.07, 6.45) is 12.1. The number of ether oxygens (including phenoxy) is 1. The van der Waals surface area contributed by atoms with Gasteiger partial charge >= 0.3 is 0 Å². The van der Waals surface area contributed by atoms with E-state index in [0.717, 1.165) is 12.0 Å². The van der Waals surface area contributed by atoms with Crippen molar-refractivity contribution >= 4 is 5.78 Å². The van der Waals surface area contributed by atoms with Gasteiger partial charge in [-0.25, -0.2) is 0 Å². The highest BCUT2D eigenvalue weighted by molar-refractivity contribution is 5.89. The molecule has 3 nitrogen and oxygen atoms in total. The molecule has 0 amide bonds. The molecule has 3 heteroatoms. The van der Waals surface area contributed by atoms with Crippen LogP contribution >= 0.6 is 0 Å². The van der Waals surface area contributed by atoms with Gasteiger partial charge in [-0.1, -0.05) is 44.7 Å². The highest BCUT2D eigenvalue weighted by Gasteiger charge is 2.04. The van der Waals surface area contributed by atoms with Gasteiger partial charge in [-0.05, 0) is 43.0 Å². The van der Waals surface area contributed by atoms with Crippen LogP contribution < -0.4 is 4.74 Å². The summed E-state index contributed by atoms with van der Waals surface area (Å²) in [7, 11) is 1.52. The Bertz CT molecular complexity index is 478. The fraction of sp³-hybridized carbons (Fsp3) is 0.526. The van der Waals surface area contributed by atoms with E-state index in [9.17, 15) is 9.90 Å². The second kappa shape index (κ2) is 10.9. The summed E-state index contributed by atoms with van der Waals surface area (Å²) in [5, 5.41) is 9.53. The first-order chi connectivity index (χ1) is 10.7. The SMILES string of the molecule is CCCCCCC/C=C/C(=O)CCc1ccc(O)c(OC)c1. The minimum atomic E-state index is 0.126. The number of ketones is 1. The van der Waals surface area contributed by atoms with Crippen LogP contribution in [0, 0.1) is 0 Å². The molecule has 0 saturated heterocycles. The second-order valence-electron chi connectivity index (χ2n) is 5.58. The van der Waals surface area contributed by atoms with E-state index in [0.29, 0.717) is 18.6 Å². The molecule has 1 N–H and O–H groups in total. The molecular weight excluding hydrogens is 276 g/mol. The van der Waals surface area contributed by atoms with Crippen LogP contribution in [0.5, 0.6) is 11.5 Å². The van der Waals surface area contributed by atoms with Crippen molar-refractivity contribution < 1.29 is 14.6 Å². The van der Waals surface area contributed by atoms with Crippen molar-refractivity contribution in [1.29, 1.82) is 0 Å². The van der Waals surface area contributed by atoms with E-state index in [1.165, 1.54) is 39.2 Å². The Morgan fingerprint density at radius 1 is 1.23 bits per heavy atom. The van der Waals surface area contributed by atoms with E-state index in [-0.39, 0.29) is 11.5 Å². The Kier molecular flexibility index (Phi) is 9.04. The van der Waals surface area contributed by atoms with Crippen LogP contribution in [0.1, 0.15) is 57.4 Å². The van der Waals surface area contributed by atoms with Crippen LogP contribution in [0.3, 0.4) is 0 Å². The lowest BCUT2D eigenvalue weighted by molar-refractivity contribution is -0.114. The summed E-state index contributed by atoms with van der Waals surface area (Å²) in [6.45, 7) is 2.21. The molecule has 0 saturated carbocycles. The van der Waals surface area contributed by atoms with Gasteiger partial charge in [0, 0.05) is 6.42 Å². The number of carbonyl (C=O) groups excluding carboxylic acids is 1. The minimum Gasteiger partial charge on any atom is -0.504 e. The summed E-state index contributed by atoms with van der Waals surface area (Å²) < 4.78 is 5.06. The largest absolute Gasteiger partial charge is 0.504 e. The first kappa shape index (κ1) is 18.3. The number of unbranched alkanes of at least 4 members (excludes halogenated alkanes) is 5. The molecule has 1 aromatic rings. The molecular formula is C19H28O3. The maximum atomic E-state index is 11.8. The lowest BCUT2D eigenvalue weighted by Gasteiger charge is -2.05. The zero-order chi connectivity index (χ0) is 16.2. The Morgan fingerprint density at radius 2 is 2.00 bits per heavy atom. The van der Waals surface area contributed by atoms with Crippen LogP contribution in [-0.2, 0) is 11.2 Å². The van der Waals surface area contributed by atoms with Gasteiger partial charge in [-0.15, -0.1) is 0 Å². The van der Waals surface area contributed by atoms with Gasteiger partial charge in [0.1, 0.15) is 0 Å². The van der Waals surface area contributed by atoms with Crippen molar-refractivity contribution in [2.24, 2.45) is 0 Å². The van der Waals surface area contributed by atoms with Crippen molar-refractivity contribution in [3.05, 3.63) is 35.9 Å². The predicted molar refractivity (Wildman–Crippen MR) is 90.5 cm³/mol. The van der Waals surface area contributed by atoms with E-state index < -0.39 is 0 Å². The van der Waals surface area contributed by atoms with E-state index in [4.69, 9.17) is 4.74 Å². The number of benzene rings is 1. The molecule has 122 valence electrons. The quantitative estimate of drug-likeness (QED) is 0.471. The normalized spacial score (nSPS) is 11.0. The van der Waals surface area contributed by atoms with Crippen molar-refractivity contribution in [3.63, 3.8) is 0 Å². The predicted octanol–water partition coefficient (Wildman–Crippen LogP) is 4.82. The number of allylic oxidation sites excluding steroid dienone is 2. The minimum absolute atomic E-state index is 0.126. The van der Waals surface area contributed by atoms with Crippen LogP contribution in [0.15, 0.2) is 30.4 Å². The van der Waals surface area contributed by atoms with Gasteiger partial charge in [0.15, 0.2) is 17.3 Å². The molecule has 0 aliphatic carbocycles. The van der Waals surface area contributed by atoms with Crippen LogP contribution in [0.25, 0.3) is 0 Å². The zero-order valence-corrected chi connectivity index (χ0v) is 13.8. The molecule has 0 aromatic heterocycles. The zero-order valence-electron chi connectivity index (χ0n) is 13.8. The Balaban J connectivity index is 2.25. The van der Waals surface area contributed by atoms with Crippen LogP contribution in [0.2, 0.25) is 0 Å². The number of carbonyl (C=O) groups is 1. The third-order valence-electron chi connectivity index (χ3n) is 3.68. The molecule has 0 atom stereocenters. The van der Waals surface area contributed by atoms with E-state index in [2.05, 4.69) is 6.92 Å². The smallest absolute Gasteiger partial charge is 0.160 e. The Labute approximate surface area is 134 Å². The Hall–Kier alpha value is -1.77. The molecule has 1 aromatic carbocycles. The third-order valence-corrected chi connectivity index (χ3v) is 3.68. The first-order valence-corrected chi connectivity index (χ1v) is 8.22. The molecule has 0 radical (unpaired) electrons. The van der Waals surface area contributed by atoms with Gasteiger partial charge in [0.25, 0.3) is 0 Å². The number of hydrogen-bond acceptors (Lipinski definition) is 3. The number of methoxy groups -OCH3 is 1. The van der Waals surface area contributed by atoms with Gasteiger partial charge in [0.05, 0.1) is 7.11 Å². The van der Waals surface area contributed by atoms with Crippen molar-refractivity contribution in [2.45, 2.75) is 58.3 Å². The molecule has 0 heterocycles. The number of aryl methyl sites for hydroxylation is 1. The lowest BCUT2D eigenvalue weighted by atomic mass is 10.1. The fourth-order valence-electron chi connectivity index (χ4n) is 2.31. The average molecular weight is 304 g/mol. The van der Waals surface area contributed by atoms with Gasteiger partial charge in [0.2, 0.25) is 0 Å². The molecule has 0 unspecified atom stereocenters. The summed E-state index contributed by atoms with van der Waals surface area (Å²) in [4.78, 5) is 11.8. The van der Waals surface area contributed by atoms with Crippen molar-refractivity contribution in [3.8, 4) is 11.5 Å². The Morgan fingerprint density at radius 3 is 2.73 bits per heavy atom. The molecule has 0 aliphatic heterocycles. The highest BCUT2D eigenvalue weighted by Crippen LogP contribution is 2.26. The first-order valence-electron chi connectivity index (χ1n) is 8.22. The molecule has 22 heavy (non-hydrogen) atoms. The fourth-order valence-corrected chi connectivity index (χ4v) is 2.31. The summed E-state index contributed by atoms with van der Waals surface area (Å²) in [6, 6.07) is 5.20. The summed E-state index contributed by atoms with van der Waals surface area (Å²) in [5.41, 5.74) is 0.996. The molecule has 0 fully saturated rings. The summed E-state index contributed by atoms with van der Waals surface area (Å²) >= 11 is 0. The lowest BCUT2D eigenvalue weighted by Crippen LogP contribution is -1.96. The molecule has 0 aliphatic rings. The standard InChI is InChI=1S/C19H28O3/c1-3-4-5-6-7-8-9-10-17(20)13-11-16-12-14-18(21)19(15-16)22-2/h9-10,12,14-15,21H,3-8,11,13H2,1-2H3/b10-9+. The maximum absolute atomic E-state index is 11.8. The van der Waals surface area contributed by atoms with E-state index in [1.54, 1.807) is 18.2 Å².